The molecule has 0 saturated carbocycles. The second kappa shape index (κ2) is 11.8. The molecule has 0 spiro atoms. The van der Waals surface area contributed by atoms with Gasteiger partial charge in [-0.15, -0.1) is 11.8 Å². The number of hydrogen-bond acceptors (Lipinski definition) is 6. The van der Waals surface area contributed by atoms with Gasteiger partial charge < -0.3 is 26.4 Å². The van der Waals surface area contributed by atoms with E-state index in [0.717, 1.165) is 5.56 Å². The number of nitrogens with two attached hydrogens (primary N) is 1. The van der Waals surface area contributed by atoms with Crippen molar-refractivity contribution in [1.29, 1.82) is 0 Å². The third-order valence-corrected chi connectivity index (χ3v) is 8.01. The van der Waals surface area contributed by atoms with Gasteiger partial charge in [0.15, 0.2) is 6.10 Å². The Balaban J connectivity index is 1.91. The first-order chi connectivity index (χ1) is 17.7. The van der Waals surface area contributed by atoms with E-state index in [4.69, 9.17) is 5.73 Å². The number of nitrogen functional groups attached to an aromatic ring is 1. The first-order valence-corrected chi connectivity index (χ1v) is 13.9. The van der Waals surface area contributed by atoms with Gasteiger partial charge in [0.1, 0.15) is 6.04 Å². The lowest BCUT2D eigenvalue weighted by atomic mass is 9.95. The van der Waals surface area contributed by atoms with Crippen molar-refractivity contribution < 1.29 is 19.5 Å². The van der Waals surface area contributed by atoms with Crippen molar-refractivity contribution in [3.8, 4) is 0 Å². The summed E-state index contributed by atoms with van der Waals surface area (Å²) in [7, 11) is 0. The molecule has 206 valence electrons. The fraction of sp³-hybridized carbons (Fsp3) is 0.483. The molecule has 0 bridgehead atoms. The highest BCUT2D eigenvalue weighted by Crippen LogP contribution is 2.40. The molecule has 0 aromatic heterocycles. The van der Waals surface area contributed by atoms with Crippen LogP contribution in [-0.2, 0) is 22.4 Å². The Hall–Kier alpha value is -3.04. The quantitative estimate of drug-likeness (QED) is 0.382. The Morgan fingerprint density at radius 3 is 2.39 bits per heavy atom. The van der Waals surface area contributed by atoms with E-state index < -0.39 is 40.3 Å². The van der Waals surface area contributed by atoms with Gasteiger partial charge in [-0.3, -0.25) is 14.4 Å². The van der Waals surface area contributed by atoms with Crippen molar-refractivity contribution in [3.05, 3.63) is 65.2 Å². The van der Waals surface area contributed by atoms with Crippen LogP contribution in [0.5, 0.6) is 0 Å². The molecule has 38 heavy (non-hydrogen) atoms. The minimum Gasteiger partial charge on any atom is -0.398 e. The third kappa shape index (κ3) is 6.88. The van der Waals surface area contributed by atoms with E-state index in [9.17, 15) is 19.5 Å². The fourth-order valence-electron chi connectivity index (χ4n) is 4.76. The number of carbonyl (C=O) groups excluding carboxylic acids is 3. The monoisotopic (exact) mass is 540 g/mol. The van der Waals surface area contributed by atoms with Crippen LogP contribution in [0.1, 0.15) is 63.0 Å². The van der Waals surface area contributed by atoms with E-state index in [0.29, 0.717) is 23.2 Å². The van der Waals surface area contributed by atoms with Gasteiger partial charge in [0, 0.05) is 21.5 Å². The van der Waals surface area contributed by atoms with Gasteiger partial charge in [0.05, 0.1) is 11.9 Å². The molecule has 0 aliphatic carbocycles. The number of aliphatic hydroxyl groups excluding tert-OH is 1. The molecular formula is C29H40N4O4S. The highest BCUT2D eigenvalue weighted by Gasteiger charge is 2.50. The standard InChI is InChI=1S/C29H40N4O4S/c1-7-19-20(14-11-15-21(19)30)25(35)31-22(16-18-12-9-8-10-13-18)23(34)27(37)33-17-38-29(5,6)24(33)26(36)32-28(2,3)4/h8-15,22-24,34H,7,16-17,30H2,1-6H3,(H,31,35)(H,32,36)/t22-,23-,24?/m0/s1. The largest absolute Gasteiger partial charge is 0.398 e. The van der Waals surface area contributed by atoms with E-state index >= 15 is 0 Å². The van der Waals surface area contributed by atoms with E-state index in [-0.39, 0.29) is 18.2 Å². The van der Waals surface area contributed by atoms with E-state index in [2.05, 4.69) is 10.6 Å². The number of anilines is 1. The molecule has 3 atom stereocenters. The summed E-state index contributed by atoms with van der Waals surface area (Å²) in [5.74, 6) is -1.03. The van der Waals surface area contributed by atoms with Gasteiger partial charge >= 0.3 is 0 Å². The van der Waals surface area contributed by atoms with E-state index in [1.54, 1.807) is 18.2 Å². The number of benzene rings is 2. The molecule has 1 saturated heterocycles. The molecule has 0 radical (unpaired) electrons. The van der Waals surface area contributed by atoms with Crippen molar-refractivity contribution >= 4 is 35.2 Å². The molecule has 1 aliphatic rings. The molecule has 5 N–H and O–H groups in total. The SMILES string of the molecule is CCc1c(N)cccc1C(=O)N[C@@H](Cc1ccccc1)[C@H](O)C(=O)N1CSC(C)(C)C1C(=O)NC(C)(C)C. The zero-order valence-electron chi connectivity index (χ0n) is 23.1. The second-order valence-electron chi connectivity index (χ2n) is 11.3. The zero-order chi connectivity index (χ0) is 28.3. The van der Waals surface area contributed by atoms with Crippen LogP contribution >= 0.6 is 11.8 Å². The topological polar surface area (TPSA) is 125 Å². The predicted octanol–water partition coefficient (Wildman–Crippen LogP) is 3.13. The number of rotatable bonds is 8. The van der Waals surface area contributed by atoms with Crippen LogP contribution in [0.25, 0.3) is 0 Å². The van der Waals surface area contributed by atoms with Crippen molar-refractivity contribution in [2.75, 3.05) is 11.6 Å². The van der Waals surface area contributed by atoms with Gasteiger partial charge in [-0.05, 0) is 70.7 Å². The van der Waals surface area contributed by atoms with Crippen molar-refractivity contribution in [2.24, 2.45) is 0 Å². The van der Waals surface area contributed by atoms with Crippen LogP contribution in [-0.4, -0.2) is 62.1 Å². The molecule has 2 aromatic rings. The minimum absolute atomic E-state index is 0.229. The lowest BCUT2D eigenvalue weighted by Crippen LogP contribution is -2.60. The smallest absolute Gasteiger partial charge is 0.254 e. The Kier molecular flexibility index (Phi) is 9.15. The normalized spacial score (nSPS) is 18.5. The lowest BCUT2D eigenvalue weighted by Gasteiger charge is -2.35. The summed E-state index contributed by atoms with van der Waals surface area (Å²) in [6.45, 7) is 11.4. The number of hydrogen-bond donors (Lipinski definition) is 4. The number of amides is 3. The Morgan fingerprint density at radius 1 is 1.13 bits per heavy atom. The molecule has 3 amide bonds. The molecule has 1 unspecified atom stereocenters. The minimum atomic E-state index is -1.57. The molecule has 1 fully saturated rings. The van der Waals surface area contributed by atoms with Crippen LogP contribution in [0.15, 0.2) is 48.5 Å². The Morgan fingerprint density at radius 2 is 1.79 bits per heavy atom. The molecule has 1 aliphatic heterocycles. The molecule has 3 rings (SSSR count). The summed E-state index contributed by atoms with van der Waals surface area (Å²) in [6.07, 6.45) is -0.776. The molecular weight excluding hydrogens is 500 g/mol. The highest BCUT2D eigenvalue weighted by molar-refractivity contribution is 8.00. The van der Waals surface area contributed by atoms with E-state index in [1.165, 1.54) is 16.7 Å². The maximum atomic E-state index is 13.8. The summed E-state index contributed by atoms with van der Waals surface area (Å²) in [5.41, 5.74) is 8.10. The first-order valence-electron chi connectivity index (χ1n) is 12.9. The van der Waals surface area contributed by atoms with Crippen molar-refractivity contribution in [2.45, 2.75) is 82.9 Å². The number of nitrogens with zero attached hydrogens (tertiary/aromatic N) is 1. The lowest BCUT2D eigenvalue weighted by molar-refractivity contribution is -0.147. The summed E-state index contributed by atoms with van der Waals surface area (Å²) in [6, 6.07) is 12.8. The van der Waals surface area contributed by atoms with Crippen LogP contribution in [0.2, 0.25) is 0 Å². The van der Waals surface area contributed by atoms with Gasteiger partial charge in [-0.1, -0.05) is 43.3 Å². The van der Waals surface area contributed by atoms with Crippen molar-refractivity contribution in [1.82, 2.24) is 15.5 Å². The summed E-state index contributed by atoms with van der Waals surface area (Å²) < 4.78 is -0.555. The predicted molar refractivity (Wildman–Crippen MR) is 153 cm³/mol. The van der Waals surface area contributed by atoms with Crippen LogP contribution in [0, 0.1) is 0 Å². The van der Waals surface area contributed by atoms with Gasteiger partial charge in [0.25, 0.3) is 11.8 Å². The van der Waals surface area contributed by atoms with Gasteiger partial charge in [-0.25, -0.2) is 0 Å². The average molecular weight is 541 g/mol. The van der Waals surface area contributed by atoms with Gasteiger partial charge in [0.2, 0.25) is 5.91 Å². The summed E-state index contributed by atoms with van der Waals surface area (Å²) >= 11 is 1.48. The van der Waals surface area contributed by atoms with E-state index in [1.807, 2.05) is 71.9 Å². The van der Waals surface area contributed by atoms with Crippen LogP contribution in [0.3, 0.4) is 0 Å². The maximum Gasteiger partial charge on any atom is 0.254 e. The molecule has 8 nitrogen and oxygen atoms in total. The first kappa shape index (κ1) is 29.5. The molecule has 2 aromatic carbocycles. The molecule has 1 heterocycles. The van der Waals surface area contributed by atoms with Crippen molar-refractivity contribution in [3.63, 3.8) is 0 Å². The Labute approximate surface area is 229 Å². The number of nitrogens with one attached hydrogen (secondary N) is 2. The Bertz CT molecular complexity index is 1160. The zero-order valence-corrected chi connectivity index (χ0v) is 23.9. The third-order valence-electron chi connectivity index (χ3n) is 6.63. The fourth-order valence-corrected chi connectivity index (χ4v) is 5.90. The average Bonchev–Trinajstić information content (AvgIpc) is 3.17. The summed E-state index contributed by atoms with van der Waals surface area (Å²) in [5, 5.41) is 17.3. The highest BCUT2D eigenvalue weighted by atomic mass is 32.2. The number of thioether (sulfide) groups is 1. The second-order valence-corrected chi connectivity index (χ2v) is 12.9. The van der Waals surface area contributed by atoms with Gasteiger partial charge in [-0.2, -0.15) is 0 Å². The summed E-state index contributed by atoms with van der Waals surface area (Å²) in [4.78, 5) is 41.8. The maximum absolute atomic E-state index is 13.8. The van der Waals surface area contributed by atoms with Crippen LogP contribution < -0.4 is 16.4 Å². The number of aliphatic hydroxyl groups is 1. The number of carbonyl (C=O) groups is 3. The van der Waals surface area contributed by atoms with Crippen LogP contribution in [0.4, 0.5) is 5.69 Å². The molecule has 9 heteroatoms.